The van der Waals surface area contributed by atoms with Gasteiger partial charge in [0.15, 0.2) is 0 Å². The van der Waals surface area contributed by atoms with Crippen molar-refractivity contribution >= 4 is 5.91 Å². The van der Waals surface area contributed by atoms with E-state index in [0.717, 1.165) is 6.42 Å². The Kier molecular flexibility index (Phi) is 5.22. The van der Waals surface area contributed by atoms with E-state index in [2.05, 4.69) is 5.32 Å². The van der Waals surface area contributed by atoms with Crippen molar-refractivity contribution in [3.63, 3.8) is 0 Å². The van der Waals surface area contributed by atoms with E-state index in [9.17, 15) is 13.6 Å². The lowest BCUT2D eigenvalue weighted by Gasteiger charge is -2.20. The van der Waals surface area contributed by atoms with Crippen LogP contribution >= 0.6 is 0 Å². The zero-order valence-electron chi connectivity index (χ0n) is 10.5. The molecule has 0 aliphatic rings. The number of nitrogens with two attached hydrogens (primary N) is 1. The molecule has 100 valence electrons. The Bertz CT molecular complexity index is 392. The molecule has 5 heteroatoms. The third-order valence-corrected chi connectivity index (χ3v) is 2.87. The van der Waals surface area contributed by atoms with Gasteiger partial charge < -0.3 is 5.73 Å². The normalized spacial score (nSPS) is 14.5. The average molecular weight is 256 g/mol. The minimum absolute atomic E-state index is 0.0643. The molecule has 0 aromatic heterocycles. The van der Waals surface area contributed by atoms with Crippen LogP contribution in [0.1, 0.15) is 43.9 Å². The van der Waals surface area contributed by atoms with Crippen LogP contribution in [0.5, 0.6) is 0 Å². The highest BCUT2D eigenvalue weighted by Crippen LogP contribution is 2.21. The first-order chi connectivity index (χ1) is 8.45. The van der Waals surface area contributed by atoms with Crippen molar-refractivity contribution in [2.24, 2.45) is 5.73 Å². The number of benzene rings is 1. The number of hydrogen-bond acceptors (Lipinski definition) is 2. The van der Waals surface area contributed by atoms with Crippen LogP contribution < -0.4 is 11.1 Å². The van der Waals surface area contributed by atoms with Gasteiger partial charge >= 0.3 is 0 Å². The Morgan fingerprint density at radius 2 is 1.78 bits per heavy atom. The van der Waals surface area contributed by atoms with Crippen LogP contribution in [0.3, 0.4) is 0 Å². The largest absolute Gasteiger partial charge is 0.368 e. The first-order valence-corrected chi connectivity index (χ1v) is 5.89. The predicted molar refractivity (Wildman–Crippen MR) is 66.2 cm³/mol. The number of amides is 1. The van der Waals surface area contributed by atoms with Gasteiger partial charge in [0.05, 0.1) is 0 Å². The molecule has 0 bridgehead atoms. The van der Waals surface area contributed by atoms with Crippen LogP contribution in [0.4, 0.5) is 8.78 Å². The van der Waals surface area contributed by atoms with Crippen LogP contribution in [0.25, 0.3) is 0 Å². The third-order valence-electron chi connectivity index (χ3n) is 2.87. The fourth-order valence-corrected chi connectivity index (χ4v) is 1.58. The van der Waals surface area contributed by atoms with E-state index in [1.165, 1.54) is 24.3 Å². The molecule has 0 spiro atoms. The van der Waals surface area contributed by atoms with Crippen molar-refractivity contribution in [1.29, 1.82) is 0 Å². The number of alkyl halides is 2. The lowest BCUT2D eigenvalue weighted by Crippen LogP contribution is -2.38. The van der Waals surface area contributed by atoms with Gasteiger partial charge in [0.25, 0.3) is 6.43 Å². The van der Waals surface area contributed by atoms with Gasteiger partial charge in [-0.15, -0.1) is 0 Å². The lowest BCUT2D eigenvalue weighted by atomic mass is 10.0. The van der Waals surface area contributed by atoms with Crippen molar-refractivity contribution in [2.45, 2.75) is 38.8 Å². The summed E-state index contributed by atoms with van der Waals surface area (Å²) in [6.45, 7) is 3.92. The highest BCUT2D eigenvalue weighted by molar-refractivity contribution is 5.81. The SMILES string of the molecule is CCC(C)NC(C(N)=O)c1ccc(C(F)F)cc1. The van der Waals surface area contributed by atoms with Gasteiger partial charge in [-0.1, -0.05) is 31.2 Å². The van der Waals surface area contributed by atoms with Crippen molar-refractivity contribution < 1.29 is 13.6 Å². The maximum Gasteiger partial charge on any atom is 0.263 e. The molecule has 0 heterocycles. The minimum atomic E-state index is -2.51. The molecule has 0 saturated heterocycles. The molecule has 3 N–H and O–H groups in total. The first kappa shape index (κ1) is 14.6. The van der Waals surface area contributed by atoms with Gasteiger partial charge in [0, 0.05) is 11.6 Å². The number of nitrogens with one attached hydrogen (secondary N) is 1. The number of primary amides is 1. The van der Waals surface area contributed by atoms with E-state index in [0.29, 0.717) is 5.56 Å². The highest BCUT2D eigenvalue weighted by Gasteiger charge is 2.19. The standard InChI is InChI=1S/C13H18F2N2O/c1-3-8(2)17-11(13(16)18)9-4-6-10(7-5-9)12(14)15/h4-8,11-12,17H,3H2,1-2H3,(H2,16,18). The zero-order chi connectivity index (χ0) is 13.7. The molecule has 3 nitrogen and oxygen atoms in total. The Balaban J connectivity index is 2.89. The molecule has 1 rings (SSSR count). The molecule has 18 heavy (non-hydrogen) atoms. The number of rotatable bonds is 6. The maximum absolute atomic E-state index is 12.4. The number of halogens is 2. The molecule has 0 radical (unpaired) electrons. The molecule has 2 atom stereocenters. The van der Waals surface area contributed by atoms with Crippen molar-refractivity contribution in [2.75, 3.05) is 0 Å². The van der Waals surface area contributed by atoms with Crippen LogP contribution in [-0.4, -0.2) is 11.9 Å². The summed E-state index contributed by atoms with van der Waals surface area (Å²) in [7, 11) is 0. The van der Waals surface area contributed by atoms with E-state index in [1.807, 2.05) is 13.8 Å². The number of carbonyl (C=O) groups is 1. The summed E-state index contributed by atoms with van der Waals surface area (Å²) < 4.78 is 24.8. The molecular weight excluding hydrogens is 238 g/mol. The maximum atomic E-state index is 12.4. The van der Waals surface area contributed by atoms with Crippen molar-refractivity contribution in [3.8, 4) is 0 Å². The van der Waals surface area contributed by atoms with Crippen LogP contribution in [0.15, 0.2) is 24.3 Å². The van der Waals surface area contributed by atoms with Gasteiger partial charge in [0.1, 0.15) is 6.04 Å². The summed E-state index contributed by atoms with van der Waals surface area (Å²) in [4.78, 5) is 11.4. The van der Waals surface area contributed by atoms with E-state index in [1.54, 1.807) is 0 Å². The van der Waals surface area contributed by atoms with Crippen LogP contribution in [-0.2, 0) is 4.79 Å². The summed E-state index contributed by atoms with van der Waals surface area (Å²) >= 11 is 0. The summed E-state index contributed by atoms with van der Waals surface area (Å²) in [6, 6.07) is 5.12. The topological polar surface area (TPSA) is 55.1 Å². The first-order valence-electron chi connectivity index (χ1n) is 5.89. The second-order valence-electron chi connectivity index (χ2n) is 4.28. The smallest absolute Gasteiger partial charge is 0.263 e. The summed E-state index contributed by atoms with van der Waals surface area (Å²) in [5.41, 5.74) is 5.86. The van der Waals surface area contributed by atoms with E-state index < -0.39 is 18.4 Å². The van der Waals surface area contributed by atoms with Crippen LogP contribution in [0.2, 0.25) is 0 Å². The van der Waals surface area contributed by atoms with Gasteiger partial charge in [0.2, 0.25) is 5.91 Å². The molecule has 0 saturated carbocycles. The Labute approximate surface area is 105 Å². The van der Waals surface area contributed by atoms with Gasteiger partial charge in [-0.05, 0) is 18.9 Å². The van der Waals surface area contributed by atoms with E-state index >= 15 is 0 Å². The molecule has 1 amide bonds. The second-order valence-corrected chi connectivity index (χ2v) is 4.28. The second kappa shape index (κ2) is 6.44. The molecule has 0 aliphatic heterocycles. The molecule has 2 unspecified atom stereocenters. The summed E-state index contributed by atoms with van der Waals surface area (Å²) in [6.07, 6.45) is -1.66. The van der Waals surface area contributed by atoms with Crippen molar-refractivity contribution in [3.05, 3.63) is 35.4 Å². The Morgan fingerprint density at radius 3 is 2.17 bits per heavy atom. The number of hydrogen-bond donors (Lipinski definition) is 2. The average Bonchev–Trinajstić information content (AvgIpc) is 2.35. The van der Waals surface area contributed by atoms with Gasteiger partial charge in [-0.3, -0.25) is 10.1 Å². The Morgan fingerprint density at radius 1 is 1.28 bits per heavy atom. The van der Waals surface area contributed by atoms with E-state index in [4.69, 9.17) is 5.73 Å². The quantitative estimate of drug-likeness (QED) is 0.821. The highest BCUT2D eigenvalue weighted by atomic mass is 19.3. The molecule has 1 aromatic rings. The monoisotopic (exact) mass is 256 g/mol. The predicted octanol–water partition coefficient (Wildman–Crippen LogP) is 2.54. The summed E-state index contributed by atoms with van der Waals surface area (Å²) in [5.74, 6) is -0.514. The molecule has 1 aromatic carbocycles. The Hall–Kier alpha value is -1.49. The molecule has 0 fully saturated rings. The fraction of sp³-hybridized carbons (Fsp3) is 0.462. The summed E-state index contributed by atoms with van der Waals surface area (Å²) in [5, 5.41) is 3.07. The molecular formula is C13H18F2N2O. The van der Waals surface area contributed by atoms with Gasteiger partial charge in [-0.2, -0.15) is 0 Å². The van der Waals surface area contributed by atoms with E-state index in [-0.39, 0.29) is 11.6 Å². The minimum Gasteiger partial charge on any atom is -0.368 e. The number of carbonyl (C=O) groups excluding carboxylic acids is 1. The zero-order valence-corrected chi connectivity index (χ0v) is 10.5. The third kappa shape index (κ3) is 3.77. The van der Waals surface area contributed by atoms with Gasteiger partial charge in [-0.25, -0.2) is 8.78 Å². The van der Waals surface area contributed by atoms with Crippen LogP contribution in [0, 0.1) is 0 Å². The van der Waals surface area contributed by atoms with Crippen molar-refractivity contribution in [1.82, 2.24) is 5.32 Å². The fourth-order valence-electron chi connectivity index (χ4n) is 1.58. The molecule has 0 aliphatic carbocycles. The lowest BCUT2D eigenvalue weighted by molar-refractivity contribution is -0.120.